The van der Waals surface area contributed by atoms with Crippen molar-refractivity contribution in [2.45, 2.75) is 43.4 Å². The predicted octanol–water partition coefficient (Wildman–Crippen LogP) is 1.81. The standard InChI is InChI=1S/C15H21N3OS/c1-17(11-4-5-11)8-9-18-13(12-3-2-10-20-12)16-15(6-7-15)14(18)19/h2-3,10-11,13,16H,4-9H2,1H3. The van der Waals surface area contributed by atoms with Crippen LogP contribution in [0.4, 0.5) is 0 Å². The molecule has 4 nitrogen and oxygen atoms in total. The second-order valence-electron chi connectivity index (χ2n) is 6.35. The SMILES string of the molecule is CN(CCN1C(=O)C2(CC2)NC1c1cccs1)C1CC1. The molecule has 1 N–H and O–H groups in total. The highest BCUT2D eigenvalue weighted by Gasteiger charge is 2.59. The Bertz CT molecular complexity index is 507. The van der Waals surface area contributed by atoms with Crippen molar-refractivity contribution in [3.8, 4) is 0 Å². The Morgan fingerprint density at radius 2 is 2.30 bits per heavy atom. The molecule has 1 aliphatic heterocycles. The molecule has 20 heavy (non-hydrogen) atoms. The minimum atomic E-state index is -0.215. The van der Waals surface area contributed by atoms with Crippen LogP contribution in [0.1, 0.15) is 36.7 Å². The Hall–Kier alpha value is -0.910. The molecule has 1 aromatic heterocycles. The van der Waals surface area contributed by atoms with Crippen LogP contribution in [-0.4, -0.2) is 47.4 Å². The molecule has 1 aromatic rings. The summed E-state index contributed by atoms with van der Waals surface area (Å²) in [6, 6.07) is 4.96. The van der Waals surface area contributed by atoms with Gasteiger partial charge < -0.3 is 9.80 Å². The maximum atomic E-state index is 12.6. The van der Waals surface area contributed by atoms with Gasteiger partial charge in [-0.2, -0.15) is 0 Å². The lowest BCUT2D eigenvalue weighted by molar-refractivity contribution is -0.131. The number of amides is 1. The lowest BCUT2D eigenvalue weighted by atomic mass is 10.3. The lowest BCUT2D eigenvalue weighted by Crippen LogP contribution is -2.38. The van der Waals surface area contributed by atoms with Gasteiger partial charge in [-0.15, -0.1) is 11.3 Å². The Balaban J connectivity index is 1.49. The van der Waals surface area contributed by atoms with Crippen LogP contribution < -0.4 is 5.32 Å². The zero-order valence-corrected chi connectivity index (χ0v) is 12.7. The summed E-state index contributed by atoms with van der Waals surface area (Å²) < 4.78 is 0. The third kappa shape index (κ3) is 2.08. The van der Waals surface area contributed by atoms with Crippen molar-refractivity contribution in [1.29, 1.82) is 0 Å². The fourth-order valence-electron chi connectivity index (χ4n) is 3.14. The van der Waals surface area contributed by atoms with Crippen LogP contribution in [0.25, 0.3) is 0 Å². The minimum absolute atomic E-state index is 0.0950. The fourth-order valence-corrected chi connectivity index (χ4v) is 3.93. The summed E-state index contributed by atoms with van der Waals surface area (Å²) in [5, 5.41) is 5.67. The third-order valence-electron chi connectivity index (χ3n) is 4.82. The predicted molar refractivity (Wildman–Crippen MR) is 79.5 cm³/mol. The minimum Gasteiger partial charge on any atom is -0.319 e. The molecule has 1 amide bonds. The number of carbonyl (C=O) groups excluding carboxylic acids is 1. The molecule has 2 heterocycles. The van der Waals surface area contributed by atoms with Crippen molar-refractivity contribution >= 4 is 17.2 Å². The number of hydrogen-bond acceptors (Lipinski definition) is 4. The smallest absolute Gasteiger partial charge is 0.244 e. The third-order valence-corrected chi connectivity index (χ3v) is 5.75. The normalized spacial score (nSPS) is 27.8. The van der Waals surface area contributed by atoms with Crippen molar-refractivity contribution in [3.63, 3.8) is 0 Å². The van der Waals surface area contributed by atoms with Crippen LogP contribution in [-0.2, 0) is 4.79 Å². The van der Waals surface area contributed by atoms with E-state index in [-0.39, 0.29) is 11.7 Å². The van der Waals surface area contributed by atoms with Gasteiger partial charge in [0.15, 0.2) is 0 Å². The molecule has 3 aliphatic rings. The number of hydrogen-bond donors (Lipinski definition) is 1. The maximum absolute atomic E-state index is 12.6. The van der Waals surface area contributed by atoms with Crippen LogP contribution in [0.5, 0.6) is 0 Å². The van der Waals surface area contributed by atoms with Crippen LogP contribution in [0, 0.1) is 0 Å². The molecule has 4 rings (SSSR count). The Morgan fingerprint density at radius 1 is 1.50 bits per heavy atom. The highest BCUT2D eigenvalue weighted by Crippen LogP contribution is 2.46. The van der Waals surface area contributed by atoms with E-state index in [2.05, 4.69) is 39.7 Å². The van der Waals surface area contributed by atoms with Gasteiger partial charge in [0.25, 0.3) is 0 Å². The average molecular weight is 291 g/mol. The van der Waals surface area contributed by atoms with E-state index in [1.165, 1.54) is 17.7 Å². The molecule has 2 aliphatic carbocycles. The van der Waals surface area contributed by atoms with E-state index in [9.17, 15) is 4.79 Å². The van der Waals surface area contributed by atoms with E-state index >= 15 is 0 Å². The molecular weight excluding hydrogens is 270 g/mol. The average Bonchev–Trinajstić information content (AvgIpc) is 3.35. The van der Waals surface area contributed by atoms with Gasteiger partial charge in [-0.3, -0.25) is 10.1 Å². The molecule has 0 radical (unpaired) electrons. The maximum Gasteiger partial charge on any atom is 0.244 e. The van der Waals surface area contributed by atoms with Gasteiger partial charge in [0, 0.05) is 24.0 Å². The zero-order valence-electron chi connectivity index (χ0n) is 11.8. The summed E-state index contributed by atoms with van der Waals surface area (Å²) in [7, 11) is 2.18. The fraction of sp³-hybridized carbons (Fsp3) is 0.667. The van der Waals surface area contributed by atoms with Crippen molar-refractivity contribution in [3.05, 3.63) is 22.4 Å². The van der Waals surface area contributed by atoms with Gasteiger partial charge >= 0.3 is 0 Å². The van der Waals surface area contributed by atoms with E-state index < -0.39 is 0 Å². The topological polar surface area (TPSA) is 35.6 Å². The van der Waals surface area contributed by atoms with Crippen LogP contribution >= 0.6 is 11.3 Å². The highest BCUT2D eigenvalue weighted by molar-refractivity contribution is 7.10. The number of likely N-dealkylation sites (N-methyl/N-ethyl adjacent to an activating group) is 1. The molecular formula is C15H21N3OS. The molecule has 1 atom stereocenters. The Kier molecular flexibility index (Phi) is 2.91. The highest BCUT2D eigenvalue weighted by atomic mass is 32.1. The van der Waals surface area contributed by atoms with Crippen molar-refractivity contribution in [2.75, 3.05) is 20.1 Å². The van der Waals surface area contributed by atoms with Gasteiger partial charge in [0.1, 0.15) is 11.7 Å². The van der Waals surface area contributed by atoms with E-state index in [0.29, 0.717) is 5.91 Å². The van der Waals surface area contributed by atoms with Gasteiger partial charge in [-0.25, -0.2) is 0 Å². The van der Waals surface area contributed by atoms with Crippen LogP contribution in [0.15, 0.2) is 17.5 Å². The first-order chi connectivity index (χ1) is 9.70. The van der Waals surface area contributed by atoms with E-state index in [4.69, 9.17) is 0 Å². The number of thiophene rings is 1. The van der Waals surface area contributed by atoms with E-state index in [1.54, 1.807) is 11.3 Å². The molecule has 1 unspecified atom stereocenters. The Morgan fingerprint density at radius 3 is 2.90 bits per heavy atom. The van der Waals surface area contributed by atoms with E-state index in [1.807, 2.05) is 0 Å². The first-order valence-corrected chi connectivity index (χ1v) is 8.40. The number of nitrogens with zero attached hydrogens (tertiary/aromatic N) is 2. The molecule has 0 aromatic carbocycles. The van der Waals surface area contributed by atoms with Crippen LogP contribution in [0.2, 0.25) is 0 Å². The summed E-state index contributed by atoms with van der Waals surface area (Å²) in [6.45, 7) is 1.82. The molecule has 1 saturated heterocycles. The lowest BCUT2D eigenvalue weighted by Gasteiger charge is -2.26. The summed E-state index contributed by atoms with van der Waals surface area (Å²) in [4.78, 5) is 18.4. The molecule has 2 saturated carbocycles. The number of nitrogens with one attached hydrogen (secondary N) is 1. The van der Waals surface area contributed by atoms with E-state index in [0.717, 1.165) is 32.0 Å². The second kappa shape index (κ2) is 4.55. The summed E-state index contributed by atoms with van der Waals surface area (Å²) >= 11 is 1.74. The van der Waals surface area contributed by atoms with Crippen LogP contribution in [0.3, 0.4) is 0 Å². The zero-order chi connectivity index (χ0) is 13.7. The quantitative estimate of drug-likeness (QED) is 0.898. The number of carbonyl (C=O) groups is 1. The second-order valence-corrected chi connectivity index (χ2v) is 7.33. The Labute approximate surface area is 123 Å². The van der Waals surface area contributed by atoms with Crippen molar-refractivity contribution in [1.82, 2.24) is 15.1 Å². The number of rotatable bonds is 5. The van der Waals surface area contributed by atoms with Crippen molar-refractivity contribution < 1.29 is 4.79 Å². The monoisotopic (exact) mass is 291 g/mol. The van der Waals surface area contributed by atoms with Gasteiger partial charge in [0.2, 0.25) is 5.91 Å². The largest absolute Gasteiger partial charge is 0.319 e. The summed E-state index contributed by atoms with van der Waals surface area (Å²) in [5.74, 6) is 0.320. The van der Waals surface area contributed by atoms with Gasteiger partial charge in [0.05, 0.1) is 0 Å². The van der Waals surface area contributed by atoms with Gasteiger partial charge in [-0.05, 0) is 44.2 Å². The first-order valence-electron chi connectivity index (χ1n) is 7.52. The van der Waals surface area contributed by atoms with Gasteiger partial charge in [-0.1, -0.05) is 6.07 Å². The molecule has 108 valence electrons. The van der Waals surface area contributed by atoms with Crippen molar-refractivity contribution in [2.24, 2.45) is 0 Å². The molecule has 0 bridgehead atoms. The first kappa shape index (κ1) is 12.8. The summed E-state index contributed by atoms with van der Waals surface area (Å²) in [5.41, 5.74) is -0.215. The molecule has 3 fully saturated rings. The molecule has 1 spiro atoms. The summed E-state index contributed by atoms with van der Waals surface area (Å²) in [6.07, 6.45) is 4.74. The molecule has 5 heteroatoms.